The first kappa shape index (κ1) is 50.1. The van der Waals surface area contributed by atoms with Gasteiger partial charge in [0.15, 0.2) is 0 Å². The molecule has 70 heavy (non-hydrogen) atoms. The summed E-state index contributed by atoms with van der Waals surface area (Å²) in [5.41, 5.74) is 1.70. The summed E-state index contributed by atoms with van der Waals surface area (Å²) in [6, 6.07) is 90.6. The zero-order valence-corrected chi connectivity index (χ0v) is 43.2. The van der Waals surface area contributed by atoms with Gasteiger partial charge in [-0.05, 0) is 102 Å². The number of benzene rings is 12. The molecule has 0 radical (unpaired) electrons. The van der Waals surface area contributed by atoms with Crippen molar-refractivity contribution in [1.29, 1.82) is 0 Å². The first-order valence-corrected chi connectivity index (χ1v) is 26.5. The second-order valence-electron chi connectivity index (χ2n) is 16.9. The summed E-state index contributed by atoms with van der Waals surface area (Å²) in [5.74, 6) is 5.12. The molecule has 0 fully saturated rings. The fourth-order valence-corrected chi connectivity index (χ4v) is 15.9. The van der Waals surface area contributed by atoms with Crippen LogP contribution >= 0.6 is 15.8 Å². The summed E-state index contributed by atoms with van der Waals surface area (Å²) < 4.78 is 0. The van der Waals surface area contributed by atoms with Gasteiger partial charge in [0.2, 0.25) is 0 Å². The van der Waals surface area contributed by atoms with Gasteiger partial charge in [0.05, 0.1) is 37.1 Å². The first-order chi connectivity index (χ1) is 33.7. The molecule has 0 N–H and O–H groups in total. The van der Waals surface area contributed by atoms with Crippen LogP contribution in [0, 0.1) is 24.7 Å². The smallest absolute Gasteiger partial charge is 0.366 e. The van der Waals surface area contributed by atoms with Crippen molar-refractivity contribution in [2.45, 2.75) is 0 Å². The maximum Gasteiger partial charge on any atom is 1.00 e. The SMILES string of the molecule is [Ag+].[Ag+].[C-]#Cc1cccc2ccc3c4ccccc4ccc3c12.[C-]#Cc1cccc2ccc3c4ccccc4ccc3c12.c1ccc([PH+](CC[PH+](c2ccccc2)c2ccccc2)c2ccccc2)cc1. The first-order valence-electron chi connectivity index (χ1n) is 23.1. The maximum absolute atomic E-state index is 7.51. The predicted molar refractivity (Wildman–Crippen MR) is 301 cm³/mol. The van der Waals surface area contributed by atoms with E-state index in [1.54, 1.807) is 0 Å². The molecule has 0 spiro atoms. The van der Waals surface area contributed by atoms with Gasteiger partial charge in [0, 0.05) is 0 Å². The van der Waals surface area contributed by atoms with Crippen LogP contribution in [0.3, 0.4) is 0 Å². The molecule has 0 unspecified atom stereocenters. The second kappa shape index (κ2) is 24.0. The van der Waals surface area contributed by atoms with Crippen molar-refractivity contribution in [1.82, 2.24) is 0 Å². The van der Waals surface area contributed by atoms with Crippen LogP contribution in [0.4, 0.5) is 0 Å². The summed E-state index contributed by atoms with van der Waals surface area (Å²) >= 11 is 0. The summed E-state index contributed by atoms with van der Waals surface area (Å²) in [5, 5.41) is 20.5. The Morgan fingerprint density at radius 1 is 0.257 bits per heavy atom. The molecule has 0 aliphatic rings. The van der Waals surface area contributed by atoms with Crippen LogP contribution in [0.5, 0.6) is 0 Å². The van der Waals surface area contributed by atoms with Crippen molar-refractivity contribution in [3.63, 3.8) is 0 Å². The Labute approximate surface area is 445 Å². The van der Waals surface area contributed by atoms with Gasteiger partial charge in [-0.1, -0.05) is 205 Å². The molecule has 0 aliphatic carbocycles. The Morgan fingerprint density at radius 3 is 0.886 bits per heavy atom. The van der Waals surface area contributed by atoms with Crippen molar-refractivity contribution in [3.05, 3.63) is 279 Å². The zero-order chi connectivity index (χ0) is 46.1. The third-order valence-corrected chi connectivity index (χ3v) is 19.0. The van der Waals surface area contributed by atoms with E-state index < -0.39 is 15.8 Å². The van der Waals surface area contributed by atoms with E-state index in [4.69, 9.17) is 12.8 Å². The Kier molecular flexibility index (Phi) is 17.2. The van der Waals surface area contributed by atoms with E-state index in [0.29, 0.717) is 0 Å². The van der Waals surface area contributed by atoms with Gasteiger partial charge in [-0.25, -0.2) is 0 Å². The number of hydrogen-bond acceptors (Lipinski definition) is 0. The quantitative estimate of drug-likeness (QED) is 0.0491. The monoisotopic (exact) mass is 1120 g/mol. The molecule has 342 valence electrons. The number of fused-ring (bicyclic) bond motifs is 10. The van der Waals surface area contributed by atoms with Crippen LogP contribution in [0.15, 0.2) is 255 Å². The van der Waals surface area contributed by atoms with E-state index in [9.17, 15) is 0 Å². The minimum Gasteiger partial charge on any atom is -0.366 e. The largest absolute Gasteiger partial charge is 1.00 e. The minimum absolute atomic E-state index is 0. The van der Waals surface area contributed by atoms with Gasteiger partial charge in [-0.15, -0.1) is 23.3 Å². The van der Waals surface area contributed by atoms with Crippen LogP contribution in [0.2, 0.25) is 0 Å². The fourth-order valence-electron chi connectivity index (χ4n) is 9.68. The van der Waals surface area contributed by atoms with Crippen molar-refractivity contribution < 1.29 is 44.8 Å². The van der Waals surface area contributed by atoms with Crippen molar-refractivity contribution in [2.24, 2.45) is 0 Å². The van der Waals surface area contributed by atoms with Crippen molar-refractivity contribution in [3.8, 4) is 11.8 Å². The third-order valence-electron chi connectivity index (χ3n) is 12.9. The average Bonchev–Trinajstić information content (AvgIpc) is 3.42. The Hall–Kier alpha value is -6.34. The molecule has 0 bridgehead atoms. The second-order valence-corrected chi connectivity index (χ2v) is 22.1. The van der Waals surface area contributed by atoms with Crippen molar-refractivity contribution in [2.75, 3.05) is 12.3 Å². The Bertz CT molecular complexity index is 3440. The zero-order valence-electron chi connectivity index (χ0n) is 38.3. The van der Waals surface area contributed by atoms with E-state index in [2.05, 4.69) is 242 Å². The summed E-state index contributed by atoms with van der Waals surface area (Å²) in [6.07, 6.45) is 17.5. The summed E-state index contributed by atoms with van der Waals surface area (Å²) in [4.78, 5) is 0. The Morgan fingerprint density at radius 2 is 0.543 bits per heavy atom. The van der Waals surface area contributed by atoms with Gasteiger partial charge in [0.25, 0.3) is 0 Å². The predicted octanol–water partition coefficient (Wildman–Crippen LogP) is 14.9. The molecular formula is C66H48Ag2P2+2. The van der Waals surface area contributed by atoms with Crippen LogP contribution < -0.4 is 21.2 Å². The van der Waals surface area contributed by atoms with Crippen LogP contribution in [0.1, 0.15) is 11.1 Å². The van der Waals surface area contributed by atoms with E-state index in [1.165, 1.54) is 76.6 Å². The third kappa shape index (κ3) is 10.8. The average molecular weight is 1120 g/mol. The van der Waals surface area contributed by atoms with E-state index in [1.807, 2.05) is 24.3 Å². The molecule has 12 aromatic carbocycles. The fraction of sp³-hybridized carbons (Fsp3) is 0.0303. The summed E-state index contributed by atoms with van der Waals surface area (Å²) in [6.45, 7) is 0. The molecule has 0 amide bonds. The molecule has 12 aromatic rings. The molecule has 0 saturated heterocycles. The number of hydrogen-bond donors (Lipinski definition) is 0. The molecule has 4 heteroatoms. The number of rotatable bonds is 7. The van der Waals surface area contributed by atoms with E-state index in [0.717, 1.165) is 32.7 Å². The minimum atomic E-state index is -0.783. The van der Waals surface area contributed by atoms with Gasteiger partial charge in [0.1, 0.15) is 12.3 Å². The van der Waals surface area contributed by atoms with Gasteiger partial charge in [-0.3, -0.25) is 11.8 Å². The summed E-state index contributed by atoms with van der Waals surface area (Å²) in [7, 11) is -1.57. The normalized spacial score (nSPS) is 10.7. The molecule has 0 saturated carbocycles. The van der Waals surface area contributed by atoms with Crippen LogP contribution in [-0.4, -0.2) is 12.3 Å². The topological polar surface area (TPSA) is 0 Å². The molecule has 0 atom stereocenters. The molecule has 12 rings (SSSR count). The van der Waals surface area contributed by atoms with Gasteiger partial charge in [-0.2, -0.15) is 0 Å². The molecular weight excluding hydrogens is 1070 g/mol. The van der Waals surface area contributed by atoms with E-state index in [-0.39, 0.29) is 44.8 Å². The van der Waals surface area contributed by atoms with E-state index >= 15 is 0 Å². The van der Waals surface area contributed by atoms with Crippen molar-refractivity contribution >= 4 is 102 Å². The molecule has 0 aromatic heterocycles. The van der Waals surface area contributed by atoms with Crippen LogP contribution in [-0.2, 0) is 44.8 Å². The molecule has 0 nitrogen and oxygen atoms in total. The van der Waals surface area contributed by atoms with Crippen LogP contribution in [0.25, 0.3) is 64.6 Å². The standard InChI is InChI=1S/C26H24P2.2C20H11.2Ag/c1-5-13-23(14-6-1)27(24-15-7-2-8-16-24)21-22-28(25-17-9-3-10-18-25)26-19-11-4-12-20-26;2*1-2-14-7-5-8-16-11-12-18-17-9-4-3-6-15(17)10-13-19(18)20(14)16;;/h1-20H,21-22H2;2*3-13H;;/q;2*-1;2*+1/p+2. The molecule has 0 aliphatic heterocycles. The molecule has 0 heterocycles. The Balaban J connectivity index is 0.000000142. The maximum atomic E-state index is 7.51. The van der Waals surface area contributed by atoms with Gasteiger partial charge >= 0.3 is 44.8 Å². The van der Waals surface area contributed by atoms with Gasteiger partial charge < -0.3 is 12.8 Å².